The van der Waals surface area contributed by atoms with E-state index in [0.717, 1.165) is 49.7 Å². The summed E-state index contributed by atoms with van der Waals surface area (Å²) in [5.41, 5.74) is 7.16. The first-order valence-corrected chi connectivity index (χ1v) is 7.61. The van der Waals surface area contributed by atoms with Crippen molar-refractivity contribution < 1.29 is 0 Å². The maximum absolute atomic E-state index is 6.37. The van der Waals surface area contributed by atoms with Gasteiger partial charge in [-0.3, -0.25) is 4.99 Å². The minimum Gasteiger partial charge on any atom is -0.369 e. The topological polar surface area (TPSA) is 44.9 Å². The molecule has 5 heteroatoms. The smallest absolute Gasteiger partial charge is 0.196 e. The van der Waals surface area contributed by atoms with Crippen molar-refractivity contribution >= 4 is 23.2 Å². The second kappa shape index (κ2) is 5.26. The number of guanidine groups is 1. The van der Waals surface area contributed by atoms with E-state index < -0.39 is 0 Å². The summed E-state index contributed by atoms with van der Waals surface area (Å²) in [4.78, 5) is 9.15. The maximum Gasteiger partial charge on any atom is 0.196 e. The molecule has 2 heterocycles. The molecule has 1 saturated heterocycles. The molecule has 1 fully saturated rings. The molecule has 1 aromatic carbocycles. The highest BCUT2D eigenvalue weighted by Crippen LogP contribution is 2.39. The summed E-state index contributed by atoms with van der Waals surface area (Å²) >= 11 is 6.37. The van der Waals surface area contributed by atoms with Crippen LogP contribution in [0.1, 0.15) is 19.8 Å². The number of benzene rings is 1. The number of nitrogens with two attached hydrogens (primary N) is 1. The average Bonchev–Trinajstić information content (AvgIpc) is 2.78. The summed E-state index contributed by atoms with van der Waals surface area (Å²) in [7, 11) is 0. The summed E-state index contributed by atoms with van der Waals surface area (Å²) in [6.07, 6.45) is 2.16. The largest absolute Gasteiger partial charge is 0.369 e. The van der Waals surface area contributed by atoms with Crippen LogP contribution in [0.5, 0.6) is 0 Å². The van der Waals surface area contributed by atoms with Crippen LogP contribution >= 0.6 is 11.6 Å². The SMILES string of the molecule is CCN1CCC2(CC1)CN=C(N)N2c1ccccc1Cl. The van der Waals surface area contributed by atoms with E-state index in [1.54, 1.807) is 0 Å². The van der Waals surface area contributed by atoms with Crippen LogP contribution in [0.4, 0.5) is 5.69 Å². The summed E-state index contributed by atoms with van der Waals surface area (Å²) < 4.78 is 0. The van der Waals surface area contributed by atoms with Crippen molar-refractivity contribution in [1.29, 1.82) is 0 Å². The highest BCUT2D eigenvalue weighted by molar-refractivity contribution is 6.34. The van der Waals surface area contributed by atoms with Crippen molar-refractivity contribution in [3.63, 3.8) is 0 Å². The molecule has 2 N–H and O–H groups in total. The number of halogens is 1. The molecule has 0 saturated carbocycles. The van der Waals surface area contributed by atoms with Gasteiger partial charge in [0.1, 0.15) is 0 Å². The molecule has 108 valence electrons. The first-order chi connectivity index (χ1) is 9.66. The molecule has 0 unspecified atom stereocenters. The van der Waals surface area contributed by atoms with Gasteiger partial charge in [0.25, 0.3) is 0 Å². The van der Waals surface area contributed by atoms with E-state index in [9.17, 15) is 0 Å². The van der Waals surface area contributed by atoms with Crippen LogP contribution in [0.15, 0.2) is 29.3 Å². The number of aliphatic imine (C=N–C) groups is 1. The number of hydrogen-bond acceptors (Lipinski definition) is 4. The van der Waals surface area contributed by atoms with Gasteiger partial charge in [0.2, 0.25) is 0 Å². The van der Waals surface area contributed by atoms with Crippen molar-refractivity contribution in [1.82, 2.24) is 4.90 Å². The zero-order chi connectivity index (χ0) is 14.2. The number of rotatable bonds is 2. The Morgan fingerprint density at radius 2 is 2.00 bits per heavy atom. The number of hydrogen-bond donors (Lipinski definition) is 1. The molecule has 1 spiro atoms. The minimum atomic E-state index is 0.0146. The standard InChI is InChI=1S/C15H21ClN4/c1-2-19-9-7-15(8-10-19)11-18-14(17)20(15)13-6-4-3-5-12(13)16/h3-6H,2,7-11H2,1H3,(H2,17,18). The fourth-order valence-electron chi connectivity index (χ4n) is 3.29. The molecule has 4 nitrogen and oxygen atoms in total. The van der Waals surface area contributed by atoms with E-state index in [4.69, 9.17) is 17.3 Å². The highest BCUT2D eigenvalue weighted by atomic mass is 35.5. The zero-order valence-electron chi connectivity index (χ0n) is 11.8. The molecule has 2 aliphatic heterocycles. The summed E-state index contributed by atoms with van der Waals surface area (Å²) in [6.45, 7) is 6.30. The number of piperidine rings is 1. The highest BCUT2D eigenvalue weighted by Gasteiger charge is 2.45. The predicted molar refractivity (Wildman–Crippen MR) is 84.5 cm³/mol. The van der Waals surface area contributed by atoms with Crippen LogP contribution in [0.3, 0.4) is 0 Å². The van der Waals surface area contributed by atoms with E-state index in [2.05, 4.69) is 21.7 Å². The van der Waals surface area contributed by atoms with Crippen LogP contribution < -0.4 is 10.6 Å². The number of likely N-dealkylation sites (tertiary alicyclic amines) is 1. The molecule has 0 aliphatic carbocycles. The van der Waals surface area contributed by atoms with Crippen LogP contribution in [0, 0.1) is 0 Å². The Labute approximate surface area is 125 Å². The number of para-hydroxylation sites is 1. The van der Waals surface area contributed by atoms with Crippen molar-refractivity contribution in [2.24, 2.45) is 10.7 Å². The number of anilines is 1. The molecular formula is C15H21ClN4. The first-order valence-electron chi connectivity index (χ1n) is 7.23. The van der Waals surface area contributed by atoms with Gasteiger partial charge in [0, 0.05) is 13.1 Å². The third-order valence-electron chi connectivity index (χ3n) is 4.57. The molecule has 2 aliphatic rings. The van der Waals surface area contributed by atoms with Gasteiger partial charge in [0.05, 0.1) is 22.8 Å². The molecule has 0 bridgehead atoms. The second-order valence-electron chi connectivity index (χ2n) is 5.62. The lowest BCUT2D eigenvalue weighted by Gasteiger charge is -2.45. The van der Waals surface area contributed by atoms with Crippen LogP contribution in [-0.4, -0.2) is 42.6 Å². The van der Waals surface area contributed by atoms with E-state index in [1.807, 2.05) is 24.3 Å². The zero-order valence-corrected chi connectivity index (χ0v) is 12.6. The molecule has 0 atom stereocenters. The molecule has 3 rings (SSSR count). The van der Waals surface area contributed by atoms with Crippen molar-refractivity contribution in [3.05, 3.63) is 29.3 Å². The molecular weight excluding hydrogens is 272 g/mol. The third kappa shape index (κ3) is 2.17. The van der Waals surface area contributed by atoms with Gasteiger partial charge in [-0.25, -0.2) is 0 Å². The van der Waals surface area contributed by atoms with Gasteiger partial charge in [0.15, 0.2) is 5.96 Å². The average molecular weight is 293 g/mol. The Bertz CT molecular complexity index is 520. The Morgan fingerprint density at radius 3 is 2.65 bits per heavy atom. The molecule has 0 aromatic heterocycles. The van der Waals surface area contributed by atoms with Gasteiger partial charge in [-0.2, -0.15) is 0 Å². The molecule has 0 amide bonds. The fraction of sp³-hybridized carbons (Fsp3) is 0.533. The Kier molecular flexibility index (Phi) is 3.61. The van der Waals surface area contributed by atoms with Crippen molar-refractivity contribution in [3.8, 4) is 0 Å². The number of nitrogens with zero attached hydrogens (tertiary/aromatic N) is 3. The van der Waals surface area contributed by atoms with E-state index in [1.165, 1.54) is 0 Å². The molecule has 20 heavy (non-hydrogen) atoms. The Balaban J connectivity index is 1.92. The summed E-state index contributed by atoms with van der Waals surface area (Å²) in [5.74, 6) is 0.600. The van der Waals surface area contributed by atoms with E-state index in [-0.39, 0.29) is 5.54 Å². The molecule has 0 radical (unpaired) electrons. The van der Waals surface area contributed by atoms with Crippen LogP contribution in [0.25, 0.3) is 0 Å². The van der Waals surface area contributed by atoms with Gasteiger partial charge in [-0.1, -0.05) is 30.7 Å². The Hall–Kier alpha value is -1.26. The normalized spacial score (nSPS) is 22.3. The first kappa shape index (κ1) is 13.7. The van der Waals surface area contributed by atoms with Gasteiger partial charge >= 0.3 is 0 Å². The minimum absolute atomic E-state index is 0.0146. The van der Waals surface area contributed by atoms with Crippen molar-refractivity contribution in [2.45, 2.75) is 25.3 Å². The monoisotopic (exact) mass is 292 g/mol. The van der Waals surface area contributed by atoms with Crippen LogP contribution in [-0.2, 0) is 0 Å². The quantitative estimate of drug-likeness (QED) is 0.910. The third-order valence-corrected chi connectivity index (χ3v) is 4.89. The summed E-state index contributed by atoms with van der Waals surface area (Å²) in [5, 5.41) is 0.741. The van der Waals surface area contributed by atoms with E-state index in [0.29, 0.717) is 5.96 Å². The lowest BCUT2D eigenvalue weighted by molar-refractivity contribution is 0.178. The Morgan fingerprint density at radius 1 is 1.30 bits per heavy atom. The molecule has 1 aromatic rings. The van der Waals surface area contributed by atoms with Crippen molar-refractivity contribution in [2.75, 3.05) is 31.1 Å². The second-order valence-corrected chi connectivity index (χ2v) is 6.03. The van der Waals surface area contributed by atoms with Gasteiger partial charge < -0.3 is 15.5 Å². The van der Waals surface area contributed by atoms with Gasteiger partial charge in [-0.05, 0) is 31.5 Å². The predicted octanol–water partition coefficient (Wildman–Crippen LogP) is 2.33. The van der Waals surface area contributed by atoms with E-state index >= 15 is 0 Å². The van der Waals surface area contributed by atoms with Gasteiger partial charge in [-0.15, -0.1) is 0 Å². The summed E-state index contributed by atoms with van der Waals surface area (Å²) in [6, 6.07) is 7.89. The fourth-order valence-corrected chi connectivity index (χ4v) is 3.51. The lowest BCUT2D eigenvalue weighted by Crippen LogP contribution is -2.57. The maximum atomic E-state index is 6.37. The van der Waals surface area contributed by atoms with Crippen LogP contribution in [0.2, 0.25) is 5.02 Å². The lowest BCUT2D eigenvalue weighted by atomic mass is 9.86.